The Kier molecular flexibility index (Phi) is 3.79. The van der Waals surface area contributed by atoms with Gasteiger partial charge < -0.3 is 9.84 Å². The monoisotopic (exact) mass is 248 g/mol. The molecule has 0 radical (unpaired) electrons. The van der Waals surface area contributed by atoms with Crippen molar-refractivity contribution in [2.75, 3.05) is 6.61 Å². The number of aryl methyl sites for hydroxylation is 2. The molecular formula is C16H24O2. The summed E-state index contributed by atoms with van der Waals surface area (Å²) in [6.45, 7) is 9.14. The maximum atomic E-state index is 10.9. The van der Waals surface area contributed by atoms with Gasteiger partial charge in [0.1, 0.15) is 0 Å². The molecule has 0 spiro atoms. The average molecular weight is 248 g/mol. The van der Waals surface area contributed by atoms with E-state index in [4.69, 9.17) is 4.74 Å². The Labute approximate surface area is 110 Å². The van der Waals surface area contributed by atoms with Gasteiger partial charge in [-0.1, -0.05) is 32.0 Å². The molecule has 2 rings (SSSR count). The molecule has 1 heterocycles. The summed E-state index contributed by atoms with van der Waals surface area (Å²) in [7, 11) is 0. The second-order valence-corrected chi connectivity index (χ2v) is 5.94. The van der Waals surface area contributed by atoms with Crippen LogP contribution in [0.25, 0.3) is 0 Å². The van der Waals surface area contributed by atoms with Gasteiger partial charge in [0, 0.05) is 12.8 Å². The van der Waals surface area contributed by atoms with Gasteiger partial charge in [0.05, 0.1) is 18.3 Å². The first-order valence-corrected chi connectivity index (χ1v) is 6.84. The lowest BCUT2D eigenvalue weighted by Gasteiger charge is -2.39. The molecule has 1 aromatic rings. The molecule has 2 heteroatoms. The first-order chi connectivity index (χ1) is 8.42. The van der Waals surface area contributed by atoms with Crippen molar-refractivity contribution in [2.24, 2.45) is 5.92 Å². The third kappa shape index (κ3) is 2.60. The minimum absolute atomic E-state index is 0.158. The van der Waals surface area contributed by atoms with Gasteiger partial charge in [0.25, 0.3) is 0 Å². The number of ether oxygens (including phenoxy) is 1. The van der Waals surface area contributed by atoms with Crippen LogP contribution in [0, 0.1) is 19.8 Å². The molecule has 1 aliphatic rings. The van der Waals surface area contributed by atoms with Crippen molar-refractivity contribution in [3.63, 3.8) is 0 Å². The fraction of sp³-hybridized carbons (Fsp3) is 0.625. The van der Waals surface area contributed by atoms with Gasteiger partial charge in [0.2, 0.25) is 0 Å². The van der Waals surface area contributed by atoms with E-state index in [9.17, 15) is 5.11 Å². The van der Waals surface area contributed by atoms with Crippen LogP contribution in [0.1, 0.15) is 43.4 Å². The van der Waals surface area contributed by atoms with Gasteiger partial charge in [-0.3, -0.25) is 0 Å². The molecule has 0 saturated carbocycles. The molecule has 18 heavy (non-hydrogen) atoms. The molecule has 1 saturated heterocycles. The van der Waals surface area contributed by atoms with Gasteiger partial charge in [-0.25, -0.2) is 0 Å². The molecule has 0 aliphatic carbocycles. The van der Waals surface area contributed by atoms with Crippen LogP contribution in [0.15, 0.2) is 18.2 Å². The highest BCUT2D eigenvalue weighted by atomic mass is 16.5. The van der Waals surface area contributed by atoms with Crippen LogP contribution in [0.4, 0.5) is 0 Å². The van der Waals surface area contributed by atoms with Gasteiger partial charge in [-0.15, -0.1) is 0 Å². The van der Waals surface area contributed by atoms with Crippen LogP contribution in [0.2, 0.25) is 0 Å². The Bertz CT molecular complexity index is 425. The molecule has 1 N–H and O–H groups in total. The zero-order valence-electron chi connectivity index (χ0n) is 11.9. The summed E-state index contributed by atoms with van der Waals surface area (Å²) in [5.41, 5.74) is 2.84. The van der Waals surface area contributed by atoms with E-state index < -0.39 is 5.60 Å². The zero-order chi connectivity index (χ0) is 13.3. The van der Waals surface area contributed by atoms with E-state index >= 15 is 0 Å². The minimum atomic E-state index is -0.717. The van der Waals surface area contributed by atoms with Crippen LogP contribution >= 0.6 is 0 Å². The maximum Gasteiger partial charge on any atom is 0.0943 e. The van der Waals surface area contributed by atoms with E-state index in [2.05, 4.69) is 45.9 Å². The molecule has 100 valence electrons. The molecule has 1 aliphatic heterocycles. The Hall–Kier alpha value is -0.860. The Balaban J connectivity index is 2.26. The van der Waals surface area contributed by atoms with Gasteiger partial charge in [-0.05, 0) is 36.5 Å². The second kappa shape index (κ2) is 5.02. The number of hydrogen-bond acceptors (Lipinski definition) is 2. The quantitative estimate of drug-likeness (QED) is 0.870. The van der Waals surface area contributed by atoms with Crippen molar-refractivity contribution < 1.29 is 9.84 Å². The van der Waals surface area contributed by atoms with Gasteiger partial charge >= 0.3 is 0 Å². The summed E-state index contributed by atoms with van der Waals surface area (Å²) in [5, 5.41) is 10.9. The minimum Gasteiger partial charge on any atom is -0.385 e. The number of hydrogen-bond donors (Lipinski definition) is 1. The van der Waals surface area contributed by atoms with Crippen LogP contribution < -0.4 is 0 Å². The number of rotatable bonds is 2. The molecule has 1 aromatic carbocycles. The Morgan fingerprint density at radius 2 is 2.00 bits per heavy atom. The van der Waals surface area contributed by atoms with Crippen molar-refractivity contribution in [2.45, 2.75) is 52.2 Å². The number of benzene rings is 1. The van der Waals surface area contributed by atoms with Crippen LogP contribution in [-0.2, 0) is 10.3 Å². The summed E-state index contributed by atoms with van der Waals surface area (Å²) in [6, 6.07) is 6.28. The van der Waals surface area contributed by atoms with Crippen LogP contribution in [-0.4, -0.2) is 17.8 Å². The van der Waals surface area contributed by atoms with E-state index in [0.29, 0.717) is 25.4 Å². The molecule has 0 aromatic heterocycles. The van der Waals surface area contributed by atoms with Crippen molar-refractivity contribution in [3.05, 3.63) is 34.9 Å². The zero-order valence-corrected chi connectivity index (χ0v) is 11.9. The first kappa shape index (κ1) is 13.6. The molecule has 0 amide bonds. The highest BCUT2D eigenvalue weighted by Crippen LogP contribution is 2.37. The van der Waals surface area contributed by atoms with E-state index in [1.54, 1.807) is 0 Å². The molecule has 1 fully saturated rings. The smallest absolute Gasteiger partial charge is 0.0943 e. The summed E-state index contributed by atoms with van der Waals surface area (Å²) < 4.78 is 5.75. The van der Waals surface area contributed by atoms with E-state index in [1.807, 2.05) is 0 Å². The third-order valence-electron chi connectivity index (χ3n) is 4.17. The summed E-state index contributed by atoms with van der Waals surface area (Å²) >= 11 is 0. The third-order valence-corrected chi connectivity index (χ3v) is 4.17. The predicted molar refractivity (Wildman–Crippen MR) is 73.6 cm³/mol. The van der Waals surface area contributed by atoms with Crippen LogP contribution in [0.5, 0.6) is 0 Å². The highest BCUT2D eigenvalue weighted by Gasteiger charge is 2.37. The topological polar surface area (TPSA) is 29.5 Å². The largest absolute Gasteiger partial charge is 0.385 e. The van der Waals surface area contributed by atoms with Crippen LogP contribution in [0.3, 0.4) is 0 Å². The Morgan fingerprint density at radius 3 is 2.61 bits per heavy atom. The summed E-state index contributed by atoms with van der Waals surface area (Å²) in [4.78, 5) is 0. The van der Waals surface area contributed by atoms with E-state index in [-0.39, 0.29) is 6.10 Å². The molecule has 2 atom stereocenters. The summed E-state index contributed by atoms with van der Waals surface area (Å²) in [5.74, 6) is 0.448. The Morgan fingerprint density at radius 1 is 1.28 bits per heavy atom. The van der Waals surface area contributed by atoms with E-state index in [0.717, 1.165) is 5.56 Å². The van der Waals surface area contributed by atoms with Crippen molar-refractivity contribution in [1.82, 2.24) is 0 Å². The number of aliphatic hydroxyl groups is 1. The average Bonchev–Trinajstić information content (AvgIpc) is 2.32. The lowest BCUT2D eigenvalue weighted by molar-refractivity contribution is -0.121. The fourth-order valence-electron chi connectivity index (χ4n) is 2.59. The lowest BCUT2D eigenvalue weighted by Crippen LogP contribution is -2.40. The van der Waals surface area contributed by atoms with Crippen molar-refractivity contribution in [1.29, 1.82) is 0 Å². The van der Waals surface area contributed by atoms with Crippen molar-refractivity contribution in [3.8, 4) is 0 Å². The maximum absolute atomic E-state index is 10.9. The van der Waals surface area contributed by atoms with Crippen molar-refractivity contribution >= 4 is 0 Å². The molecular weight excluding hydrogens is 224 g/mol. The normalized spacial score (nSPS) is 28.7. The first-order valence-electron chi connectivity index (χ1n) is 6.84. The van der Waals surface area contributed by atoms with Gasteiger partial charge in [-0.2, -0.15) is 0 Å². The molecule has 2 nitrogen and oxygen atoms in total. The fourth-order valence-corrected chi connectivity index (χ4v) is 2.59. The highest BCUT2D eigenvalue weighted by molar-refractivity contribution is 5.33. The predicted octanol–water partition coefficient (Wildman–Crippen LogP) is 3.33. The van der Waals surface area contributed by atoms with Gasteiger partial charge in [0.15, 0.2) is 0 Å². The lowest BCUT2D eigenvalue weighted by atomic mass is 9.80. The second-order valence-electron chi connectivity index (χ2n) is 5.94. The molecule has 2 unspecified atom stereocenters. The molecule has 0 bridgehead atoms. The van der Waals surface area contributed by atoms with E-state index in [1.165, 1.54) is 11.1 Å². The standard InChI is InChI=1S/C16H24O2/c1-11(2)15-10-16(17,7-8-18-15)14-6-5-12(3)13(4)9-14/h5-6,9,11,15,17H,7-8,10H2,1-4H3. The SMILES string of the molecule is Cc1ccc(C2(O)CCOC(C(C)C)C2)cc1C. The summed E-state index contributed by atoms with van der Waals surface area (Å²) in [6.07, 6.45) is 1.55.